The molecule has 5 heteroatoms. The first-order chi connectivity index (χ1) is 9.49. The summed E-state index contributed by atoms with van der Waals surface area (Å²) in [5.74, 6) is 0.548. The minimum Gasteiger partial charge on any atom is -0.393 e. The van der Waals surface area contributed by atoms with Crippen LogP contribution in [0.2, 0.25) is 0 Å². The van der Waals surface area contributed by atoms with Crippen molar-refractivity contribution in [2.75, 3.05) is 17.2 Å². The fourth-order valence-electron chi connectivity index (χ4n) is 2.96. The maximum atomic E-state index is 10.8. The largest absolute Gasteiger partial charge is 0.393 e. The van der Waals surface area contributed by atoms with Gasteiger partial charge in [0.25, 0.3) is 5.69 Å². The predicted octanol–water partition coefficient (Wildman–Crippen LogP) is 3.58. The lowest BCUT2D eigenvalue weighted by atomic mass is 10.1. The molecular formula is C15H23N3O2. The third-order valence-electron chi connectivity index (χ3n) is 3.87. The first-order valence-electron chi connectivity index (χ1n) is 7.29. The van der Waals surface area contributed by atoms with E-state index in [2.05, 4.69) is 18.7 Å². The average molecular weight is 277 g/mol. The molecule has 0 amide bonds. The second-order valence-corrected chi connectivity index (χ2v) is 5.98. The van der Waals surface area contributed by atoms with Crippen molar-refractivity contribution in [3.63, 3.8) is 0 Å². The maximum Gasteiger partial charge on any atom is 0.292 e. The van der Waals surface area contributed by atoms with Crippen molar-refractivity contribution in [2.45, 2.75) is 45.6 Å². The summed E-state index contributed by atoms with van der Waals surface area (Å²) in [7, 11) is 0. The highest BCUT2D eigenvalue weighted by atomic mass is 16.6. The molecule has 1 aromatic carbocycles. The molecule has 0 heterocycles. The van der Waals surface area contributed by atoms with Gasteiger partial charge in [-0.15, -0.1) is 0 Å². The van der Waals surface area contributed by atoms with Crippen LogP contribution in [0.25, 0.3) is 0 Å². The highest BCUT2D eigenvalue weighted by Crippen LogP contribution is 2.32. The smallest absolute Gasteiger partial charge is 0.292 e. The van der Waals surface area contributed by atoms with Crippen LogP contribution in [-0.2, 0) is 0 Å². The van der Waals surface area contributed by atoms with Gasteiger partial charge in [0.1, 0.15) is 5.69 Å². The Bertz CT molecular complexity index is 482. The Kier molecular flexibility index (Phi) is 4.47. The number of nitrogens with zero attached hydrogens (tertiary/aromatic N) is 2. The monoisotopic (exact) mass is 277 g/mol. The van der Waals surface area contributed by atoms with Crippen LogP contribution in [0.15, 0.2) is 18.2 Å². The van der Waals surface area contributed by atoms with Crippen molar-refractivity contribution in [3.05, 3.63) is 28.3 Å². The molecule has 1 aliphatic rings. The summed E-state index contributed by atoms with van der Waals surface area (Å²) in [6.07, 6.45) is 4.93. The minimum absolute atomic E-state index is 0.00957. The van der Waals surface area contributed by atoms with Crippen molar-refractivity contribution < 1.29 is 4.92 Å². The highest BCUT2D eigenvalue weighted by Gasteiger charge is 2.24. The number of anilines is 2. The third-order valence-corrected chi connectivity index (χ3v) is 3.87. The molecule has 5 nitrogen and oxygen atoms in total. The predicted molar refractivity (Wildman–Crippen MR) is 81.9 cm³/mol. The van der Waals surface area contributed by atoms with Gasteiger partial charge in [0.2, 0.25) is 0 Å². The van der Waals surface area contributed by atoms with Crippen molar-refractivity contribution in [3.8, 4) is 0 Å². The number of rotatable bonds is 5. The molecule has 0 aromatic heterocycles. The Morgan fingerprint density at radius 1 is 1.40 bits per heavy atom. The quantitative estimate of drug-likeness (QED) is 0.507. The number of nitrogen functional groups attached to an aromatic ring is 1. The Labute approximate surface area is 119 Å². The Morgan fingerprint density at radius 2 is 2.05 bits per heavy atom. The van der Waals surface area contributed by atoms with Crippen LogP contribution >= 0.6 is 0 Å². The molecule has 0 saturated heterocycles. The van der Waals surface area contributed by atoms with Crippen LogP contribution in [0.4, 0.5) is 17.1 Å². The Morgan fingerprint density at radius 3 is 2.55 bits per heavy atom. The van der Waals surface area contributed by atoms with Crippen LogP contribution in [0.3, 0.4) is 0 Å². The zero-order valence-corrected chi connectivity index (χ0v) is 12.2. The number of benzene rings is 1. The van der Waals surface area contributed by atoms with Crippen molar-refractivity contribution >= 4 is 17.1 Å². The third kappa shape index (κ3) is 3.21. The van der Waals surface area contributed by atoms with Gasteiger partial charge in [0.15, 0.2) is 0 Å². The molecule has 0 unspecified atom stereocenters. The topological polar surface area (TPSA) is 72.4 Å². The van der Waals surface area contributed by atoms with Gasteiger partial charge in [-0.2, -0.15) is 0 Å². The van der Waals surface area contributed by atoms with Gasteiger partial charge in [-0.1, -0.05) is 26.7 Å². The molecule has 0 bridgehead atoms. The molecular weight excluding hydrogens is 254 g/mol. The lowest BCUT2D eigenvalue weighted by Gasteiger charge is -2.33. The van der Waals surface area contributed by atoms with Crippen molar-refractivity contribution in [1.29, 1.82) is 0 Å². The van der Waals surface area contributed by atoms with E-state index >= 15 is 0 Å². The molecule has 20 heavy (non-hydrogen) atoms. The summed E-state index contributed by atoms with van der Waals surface area (Å²) in [5, 5.41) is 10.8. The van der Waals surface area contributed by atoms with Gasteiger partial charge >= 0.3 is 0 Å². The summed E-state index contributed by atoms with van der Waals surface area (Å²) in [5.41, 5.74) is 7.07. The van der Waals surface area contributed by atoms with Gasteiger partial charge in [0, 0.05) is 24.3 Å². The lowest BCUT2D eigenvalue weighted by molar-refractivity contribution is -0.383. The van der Waals surface area contributed by atoms with E-state index in [1.165, 1.54) is 31.7 Å². The first kappa shape index (κ1) is 14.6. The second kappa shape index (κ2) is 6.11. The highest BCUT2D eigenvalue weighted by molar-refractivity contribution is 5.67. The van der Waals surface area contributed by atoms with Gasteiger partial charge in [-0.3, -0.25) is 10.1 Å². The molecule has 2 N–H and O–H groups in total. The summed E-state index contributed by atoms with van der Waals surface area (Å²) >= 11 is 0. The van der Waals surface area contributed by atoms with Gasteiger partial charge in [-0.25, -0.2) is 0 Å². The fraction of sp³-hybridized carbons (Fsp3) is 0.600. The SMILES string of the molecule is CC(C)CN(c1ccc([N+](=O)[O-])c(N)c1)C1CCCC1. The number of nitro groups is 1. The number of hydrogen-bond donors (Lipinski definition) is 1. The zero-order valence-electron chi connectivity index (χ0n) is 12.2. The second-order valence-electron chi connectivity index (χ2n) is 5.98. The summed E-state index contributed by atoms with van der Waals surface area (Å²) in [6, 6.07) is 5.64. The Balaban J connectivity index is 2.28. The molecule has 2 rings (SSSR count). The van der Waals surface area contributed by atoms with E-state index in [1.807, 2.05) is 6.07 Å². The number of nitro benzene ring substituents is 1. The molecule has 1 aliphatic carbocycles. The van der Waals surface area contributed by atoms with E-state index in [0.717, 1.165) is 12.2 Å². The molecule has 1 saturated carbocycles. The van der Waals surface area contributed by atoms with Gasteiger partial charge in [-0.05, 0) is 30.9 Å². The minimum atomic E-state index is -0.429. The van der Waals surface area contributed by atoms with Crippen LogP contribution in [0.5, 0.6) is 0 Å². The van der Waals surface area contributed by atoms with Crippen LogP contribution in [0.1, 0.15) is 39.5 Å². The lowest BCUT2D eigenvalue weighted by Crippen LogP contribution is -2.36. The molecule has 0 radical (unpaired) electrons. The number of hydrogen-bond acceptors (Lipinski definition) is 4. The van der Waals surface area contributed by atoms with Crippen molar-refractivity contribution in [2.24, 2.45) is 5.92 Å². The van der Waals surface area contributed by atoms with Gasteiger partial charge < -0.3 is 10.6 Å². The van der Waals surface area contributed by atoms with E-state index in [1.54, 1.807) is 6.07 Å². The van der Waals surface area contributed by atoms with Crippen molar-refractivity contribution in [1.82, 2.24) is 0 Å². The first-order valence-corrected chi connectivity index (χ1v) is 7.29. The molecule has 110 valence electrons. The normalized spacial score (nSPS) is 15.8. The number of nitrogens with two attached hydrogens (primary N) is 1. The van der Waals surface area contributed by atoms with Crippen LogP contribution in [-0.4, -0.2) is 17.5 Å². The van der Waals surface area contributed by atoms with E-state index in [4.69, 9.17) is 5.73 Å². The average Bonchev–Trinajstić information content (AvgIpc) is 2.88. The van der Waals surface area contributed by atoms with E-state index < -0.39 is 4.92 Å². The van der Waals surface area contributed by atoms with Gasteiger partial charge in [0.05, 0.1) is 4.92 Å². The molecule has 1 fully saturated rings. The van der Waals surface area contributed by atoms with E-state index in [-0.39, 0.29) is 11.4 Å². The molecule has 0 aliphatic heterocycles. The molecule has 0 spiro atoms. The fourth-order valence-corrected chi connectivity index (χ4v) is 2.96. The molecule has 0 atom stereocenters. The maximum absolute atomic E-state index is 10.8. The summed E-state index contributed by atoms with van der Waals surface area (Å²) in [4.78, 5) is 12.8. The summed E-state index contributed by atoms with van der Waals surface area (Å²) in [6.45, 7) is 5.34. The standard InChI is InChI=1S/C15H23N3O2/c1-11(2)10-17(12-5-3-4-6-12)13-7-8-15(18(19)20)14(16)9-13/h7-9,11-12H,3-6,10,16H2,1-2H3. The summed E-state index contributed by atoms with van der Waals surface area (Å²) < 4.78 is 0. The zero-order chi connectivity index (χ0) is 14.7. The Hall–Kier alpha value is -1.78. The molecule has 1 aromatic rings. The van der Waals surface area contributed by atoms with E-state index in [9.17, 15) is 10.1 Å². The van der Waals surface area contributed by atoms with Crippen LogP contribution < -0.4 is 10.6 Å². The van der Waals surface area contributed by atoms with Crippen LogP contribution in [0, 0.1) is 16.0 Å². The van der Waals surface area contributed by atoms with E-state index in [0.29, 0.717) is 12.0 Å².